The number of hydrogen-bond donors (Lipinski definition) is 2. The summed E-state index contributed by atoms with van der Waals surface area (Å²) in [7, 11) is 0. The molecule has 0 spiro atoms. The summed E-state index contributed by atoms with van der Waals surface area (Å²) in [6.45, 7) is 1.60. The Morgan fingerprint density at radius 1 is 1.60 bits per heavy atom. The van der Waals surface area contributed by atoms with E-state index in [0.717, 1.165) is 6.42 Å². The molecule has 15 heavy (non-hydrogen) atoms. The lowest BCUT2D eigenvalue weighted by Crippen LogP contribution is -2.37. The molecule has 3 N–H and O–H groups in total. The van der Waals surface area contributed by atoms with Crippen LogP contribution in [0.3, 0.4) is 0 Å². The second-order valence-corrected chi connectivity index (χ2v) is 4.03. The summed E-state index contributed by atoms with van der Waals surface area (Å²) in [6, 6.07) is 5.52. The zero-order valence-electron chi connectivity index (χ0n) is 8.60. The number of hydrogen-bond acceptors (Lipinski definition) is 4. The average molecular weight is 208 g/mol. The second-order valence-electron chi connectivity index (χ2n) is 4.03. The standard InChI is InChI=1S/C11H16N2O2/c12-7-11(4-6-15-8-11)10(14)9-3-1-2-5-13-9/h1-3,5,10,14H,4,6-8,12H2. The molecule has 0 aliphatic carbocycles. The molecule has 0 bridgehead atoms. The maximum absolute atomic E-state index is 10.2. The fraction of sp³-hybridized carbons (Fsp3) is 0.545. The largest absolute Gasteiger partial charge is 0.386 e. The van der Waals surface area contributed by atoms with Crippen molar-refractivity contribution < 1.29 is 9.84 Å². The van der Waals surface area contributed by atoms with Crippen molar-refractivity contribution in [2.45, 2.75) is 12.5 Å². The van der Waals surface area contributed by atoms with E-state index < -0.39 is 6.10 Å². The molecule has 1 aromatic heterocycles. The maximum atomic E-state index is 10.2. The molecule has 2 heterocycles. The van der Waals surface area contributed by atoms with Crippen LogP contribution in [0.15, 0.2) is 24.4 Å². The lowest BCUT2D eigenvalue weighted by Gasteiger charge is -2.30. The Bertz CT molecular complexity index is 310. The highest BCUT2D eigenvalue weighted by atomic mass is 16.5. The third kappa shape index (κ3) is 1.88. The van der Waals surface area contributed by atoms with Gasteiger partial charge in [0, 0.05) is 24.8 Å². The molecule has 2 unspecified atom stereocenters. The Kier molecular flexibility index (Phi) is 3.00. The van der Waals surface area contributed by atoms with Crippen LogP contribution in [0, 0.1) is 5.41 Å². The first-order valence-corrected chi connectivity index (χ1v) is 5.15. The van der Waals surface area contributed by atoms with Gasteiger partial charge in [-0.25, -0.2) is 0 Å². The van der Waals surface area contributed by atoms with Crippen LogP contribution in [0.2, 0.25) is 0 Å². The van der Waals surface area contributed by atoms with E-state index in [0.29, 0.717) is 25.5 Å². The predicted octanol–water partition coefficient (Wildman–Crippen LogP) is 0.480. The molecule has 1 fully saturated rings. The SMILES string of the molecule is NCC1(C(O)c2ccccn2)CCOC1. The Morgan fingerprint density at radius 2 is 2.47 bits per heavy atom. The minimum Gasteiger partial charge on any atom is -0.386 e. The van der Waals surface area contributed by atoms with Gasteiger partial charge in [-0.15, -0.1) is 0 Å². The van der Waals surface area contributed by atoms with E-state index in [-0.39, 0.29) is 5.41 Å². The van der Waals surface area contributed by atoms with E-state index in [4.69, 9.17) is 10.5 Å². The van der Waals surface area contributed by atoms with Crippen molar-refractivity contribution in [2.24, 2.45) is 11.1 Å². The fourth-order valence-corrected chi connectivity index (χ4v) is 1.96. The molecule has 0 amide bonds. The highest BCUT2D eigenvalue weighted by Crippen LogP contribution is 2.39. The number of aromatic nitrogens is 1. The van der Waals surface area contributed by atoms with Crippen molar-refractivity contribution >= 4 is 0 Å². The van der Waals surface area contributed by atoms with Crippen LogP contribution in [0.25, 0.3) is 0 Å². The Balaban J connectivity index is 2.22. The van der Waals surface area contributed by atoms with E-state index in [1.54, 1.807) is 6.20 Å². The third-order valence-corrected chi connectivity index (χ3v) is 3.09. The maximum Gasteiger partial charge on any atom is 0.105 e. The first-order valence-electron chi connectivity index (χ1n) is 5.15. The fourth-order valence-electron chi connectivity index (χ4n) is 1.96. The lowest BCUT2D eigenvalue weighted by molar-refractivity contribution is 0.0162. The molecule has 1 aliphatic heterocycles. The molecule has 82 valence electrons. The summed E-state index contributed by atoms with van der Waals surface area (Å²) in [4.78, 5) is 4.16. The second kappa shape index (κ2) is 4.26. The number of rotatable bonds is 3. The highest BCUT2D eigenvalue weighted by Gasteiger charge is 2.41. The van der Waals surface area contributed by atoms with Crippen LogP contribution >= 0.6 is 0 Å². The first-order chi connectivity index (χ1) is 7.28. The average Bonchev–Trinajstić information content (AvgIpc) is 2.79. The van der Waals surface area contributed by atoms with E-state index in [2.05, 4.69) is 4.98 Å². The van der Waals surface area contributed by atoms with Gasteiger partial charge in [0.1, 0.15) is 6.10 Å². The normalized spacial score (nSPS) is 27.9. The predicted molar refractivity (Wildman–Crippen MR) is 56.1 cm³/mol. The quantitative estimate of drug-likeness (QED) is 0.758. The topological polar surface area (TPSA) is 68.4 Å². The van der Waals surface area contributed by atoms with E-state index >= 15 is 0 Å². The molecular formula is C11H16N2O2. The molecule has 0 aromatic carbocycles. The number of nitrogens with two attached hydrogens (primary N) is 1. The van der Waals surface area contributed by atoms with Crippen LogP contribution in [0.5, 0.6) is 0 Å². The van der Waals surface area contributed by atoms with Gasteiger partial charge in [0.2, 0.25) is 0 Å². The molecule has 1 aliphatic rings. The summed E-state index contributed by atoms with van der Waals surface area (Å²) in [5, 5.41) is 10.2. The molecule has 0 saturated carbocycles. The smallest absolute Gasteiger partial charge is 0.105 e. The van der Waals surface area contributed by atoms with Gasteiger partial charge in [-0.05, 0) is 18.6 Å². The molecule has 4 nitrogen and oxygen atoms in total. The molecule has 1 aromatic rings. The van der Waals surface area contributed by atoms with Crippen molar-refractivity contribution in [3.8, 4) is 0 Å². The van der Waals surface area contributed by atoms with Crippen LogP contribution in [-0.4, -0.2) is 29.8 Å². The van der Waals surface area contributed by atoms with E-state index in [1.807, 2.05) is 18.2 Å². The van der Waals surface area contributed by atoms with Crippen LogP contribution in [0.1, 0.15) is 18.2 Å². The minimum atomic E-state index is -0.633. The molecule has 1 saturated heterocycles. The molecule has 2 rings (SSSR count). The molecule has 0 radical (unpaired) electrons. The van der Waals surface area contributed by atoms with Crippen molar-refractivity contribution in [1.29, 1.82) is 0 Å². The monoisotopic (exact) mass is 208 g/mol. The van der Waals surface area contributed by atoms with Crippen molar-refractivity contribution in [3.63, 3.8) is 0 Å². The highest BCUT2D eigenvalue weighted by molar-refractivity contribution is 5.11. The van der Waals surface area contributed by atoms with Crippen LogP contribution in [-0.2, 0) is 4.74 Å². The van der Waals surface area contributed by atoms with Gasteiger partial charge in [0.05, 0.1) is 12.3 Å². The molecular weight excluding hydrogens is 192 g/mol. The van der Waals surface area contributed by atoms with Crippen molar-refractivity contribution in [3.05, 3.63) is 30.1 Å². The van der Waals surface area contributed by atoms with Gasteiger partial charge in [0.25, 0.3) is 0 Å². The van der Waals surface area contributed by atoms with Gasteiger partial charge in [0.15, 0.2) is 0 Å². The number of aliphatic hydroxyl groups excluding tert-OH is 1. The van der Waals surface area contributed by atoms with Crippen molar-refractivity contribution in [1.82, 2.24) is 4.98 Å². The van der Waals surface area contributed by atoms with Gasteiger partial charge in [-0.2, -0.15) is 0 Å². The van der Waals surface area contributed by atoms with E-state index in [9.17, 15) is 5.11 Å². The Labute approximate surface area is 89.1 Å². The van der Waals surface area contributed by atoms with Crippen LogP contribution in [0.4, 0.5) is 0 Å². The minimum absolute atomic E-state index is 0.353. The number of nitrogens with zero attached hydrogens (tertiary/aromatic N) is 1. The first kappa shape index (κ1) is 10.5. The summed E-state index contributed by atoms with van der Waals surface area (Å²) in [6.07, 6.45) is 1.84. The van der Waals surface area contributed by atoms with E-state index in [1.165, 1.54) is 0 Å². The summed E-state index contributed by atoms with van der Waals surface area (Å²) in [5.74, 6) is 0. The van der Waals surface area contributed by atoms with Gasteiger partial charge < -0.3 is 15.6 Å². The lowest BCUT2D eigenvalue weighted by atomic mass is 9.80. The summed E-state index contributed by atoms with van der Waals surface area (Å²) in [5.41, 5.74) is 6.06. The zero-order valence-corrected chi connectivity index (χ0v) is 8.60. The third-order valence-electron chi connectivity index (χ3n) is 3.09. The summed E-state index contributed by atoms with van der Waals surface area (Å²) >= 11 is 0. The molecule has 2 atom stereocenters. The van der Waals surface area contributed by atoms with Gasteiger partial charge in [-0.1, -0.05) is 6.07 Å². The number of pyridine rings is 1. The molecule has 4 heteroatoms. The van der Waals surface area contributed by atoms with Gasteiger partial charge in [-0.3, -0.25) is 4.98 Å². The Hall–Kier alpha value is -0.970. The summed E-state index contributed by atoms with van der Waals surface area (Å²) < 4.78 is 5.33. The van der Waals surface area contributed by atoms with Gasteiger partial charge >= 0.3 is 0 Å². The number of ether oxygens (including phenoxy) is 1. The Morgan fingerprint density at radius 3 is 3.00 bits per heavy atom. The van der Waals surface area contributed by atoms with Crippen molar-refractivity contribution in [2.75, 3.05) is 19.8 Å². The zero-order chi connectivity index (χ0) is 10.7. The van der Waals surface area contributed by atoms with Crippen LogP contribution < -0.4 is 5.73 Å². The number of aliphatic hydroxyl groups is 1.